The summed E-state index contributed by atoms with van der Waals surface area (Å²) in [5.41, 5.74) is 0. The van der Waals surface area contributed by atoms with Gasteiger partial charge in [-0.25, -0.2) is 4.98 Å². The number of aryl methyl sites for hydroxylation is 1. The van der Waals surface area contributed by atoms with Crippen LogP contribution in [0, 0.1) is 0 Å². The van der Waals surface area contributed by atoms with Gasteiger partial charge in [0.15, 0.2) is 0 Å². The maximum absolute atomic E-state index is 12.4. The number of carboxylic acids is 1. The van der Waals surface area contributed by atoms with Crippen molar-refractivity contribution >= 4 is 23.5 Å². The van der Waals surface area contributed by atoms with E-state index in [9.17, 15) is 9.59 Å². The average molecular weight is 357 g/mol. The lowest BCUT2D eigenvalue weighted by Crippen LogP contribution is -2.45. The number of likely N-dealkylation sites (tertiary alicyclic amines) is 1. The molecule has 1 saturated heterocycles. The quantitative estimate of drug-likeness (QED) is 0.801. The third-order valence-electron chi connectivity index (χ3n) is 4.68. The topological polar surface area (TPSA) is 78.7 Å². The van der Waals surface area contributed by atoms with Crippen LogP contribution in [0.2, 0.25) is 5.15 Å². The summed E-state index contributed by atoms with van der Waals surface area (Å²) in [6, 6.07) is 0.548. The van der Waals surface area contributed by atoms with E-state index in [0.29, 0.717) is 24.7 Å². The number of nitrogens with zero attached hydrogens (tertiary/aromatic N) is 4. The molecule has 0 unspecified atom stereocenters. The van der Waals surface area contributed by atoms with Gasteiger partial charge in [0.25, 0.3) is 0 Å². The molecule has 1 N–H and O–H groups in total. The Bertz CT molecular complexity index is 582. The molecule has 1 aliphatic heterocycles. The first-order valence-electron chi connectivity index (χ1n) is 8.32. The predicted octanol–water partition coefficient (Wildman–Crippen LogP) is 1.50. The highest BCUT2D eigenvalue weighted by Crippen LogP contribution is 2.17. The van der Waals surface area contributed by atoms with Crippen molar-refractivity contribution in [1.29, 1.82) is 0 Å². The van der Waals surface area contributed by atoms with E-state index in [0.717, 1.165) is 32.5 Å². The Labute approximate surface area is 147 Å². The molecule has 2 rings (SSSR count). The minimum absolute atomic E-state index is 0.0913. The van der Waals surface area contributed by atoms with Gasteiger partial charge in [-0.3, -0.25) is 9.59 Å². The van der Waals surface area contributed by atoms with Crippen LogP contribution < -0.4 is 0 Å². The summed E-state index contributed by atoms with van der Waals surface area (Å²) < 4.78 is 1.43. The monoisotopic (exact) mass is 356 g/mol. The standard InChI is InChI=1S/C16H25ClN4O3/c1-3-19(2)12-6-8-20(9-7-12)15(22)5-4-14-18-10-13(17)21(14)11-16(23)24/h10,12H,3-9,11H2,1-2H3,(H,23,24). The zero-order valence-electron chi connectivity index (χ0n) is 14.2. The molecule has 0 spiro atoms. The highest BCUT2D eigenvalue weighted by atomic mass is 35.5. The summed E-state index contributed by atoms with van der Waals surface area (Å²) in [6.07, 6.45) is 4.14. The van der Waals surface area contributed by atoms with Gasteiger partial charge in [-0.05, 0) is 26.4 Å². The summed E-state index contributed by atoms with van der Waals surface area (Å²) in [7, 11) is 2.12. The smallest absolute Gasteiger partial charge is 0.323 e. The molecular formula is C16H25ClN4O3. The number of piperidine rings is 1. The molecule has 7 nitrogen and oxygen atoms in total. The normalized spacial score (nSPS) is 15.9. The maximum Gasteiger partial charge on any atom is 0.323 e. The molecule has 0 atom stereocenters. The van der Waals surface area contributed by atoms with Crippen molar-refractivity contribution < 1.29 is 14.7 Å². The summed E-state index contributed by atoms with van der Waals surface area (Å²) in [4.78, 5) is 31.6. The van der Waals surface area contributed by atoms with E-state index in [1.807, 2.05) is 4.90 Å². The van der Waals surface area contributed by atoms with E-state index >= 15 is 0 Å². The number of aromatic nitrogens is 2. The summed E-state index contributed by atoms with van der Waals surface area (Å²) >= 11 is 5.95. The number of rotatable bonds is 7. The van der Waals surface area contributed by atoms with Gasteiger partial charge in [0.1, 0.15) is 17.5 Å². The van der Waals surface area contributed by atoms with Crippen LogP contribution in [0.4, 0.5) is 0 Å². The van der Waals surface area contributed by atoms with E-state index in [1.165, 1.54) is 10.8 Å². The first-order chi connectivity index (χ1) is 11.4. The van der Waals surface area contributed by atoms with Gasteiger partial charge < -0.3 is 19.5 Å². The average Bonchev–Trinajstić information content (AvgIpc) is 2.91. The Balaban J connectivity index is 1.85. The van der Waals surface area contributed by atoms with Gasteiger partial charge in [0, 0.05) is 32.0 Å². The van der Waals surface area contributed by atoms with Crippen molar-refractivity contribution in [2.75, 3.05) is 26.7 Å². The largest absolute Gasteiger partial charge is 0.480 e. The molecule has 1 aromatic rings. The number of hydrogen-bond donors (Lipinski definition) is 1. The Morgan fingerprint density at radius 1 is 1.42 bits per heavy atom. The zero-order chi connectivity index (χ0) is 17.7. The Hall–Kier alpha value is -1.60. The minimum Gasteiger partial charge on any atom is -0.480 e. The molecule has 1 aliphatic rings. The summed E-state index contributed by atoms with van der Waals surface area (Å²) in [5.74, 6) is -0.352. The third-order valence-corrected chi connectivity index (χ3v) is 4.99. The fraction of sp³-hybridized carbons (Fsp3) is 0.688. The van der Waals surface area contributed by atoms with Crippen LogP contribution in [0.5, 0.6) is 0 Å². The maximum atomic E-state index is 12.4. The van der Waals surface area contributed by atoms with Crippen LogP contribution in [0.15, 0.2) is 6.20 Å². The number of amides is 1. The van der Waals surface area contributed by atoms with Crippen molar-refractivity contribution in [2.24, 2.45) is 0 Å². The van der Waals surface area contributed by atoms with E-state index in [2.05, 4.69) is 23.9 Å². The number of carboxylic acid groups (broad SMARTS) is 1. The number of hydrogen-bond acceptors (Lipinski definition) is 4. The molecule has 0 aromatic carbocycles. The van der Waals surface area contributed by atoms with E-state index in [4.69, 9.17) is 16.7 Å². The predicted molar refractivity (Wildman–Crippen MR) is 91.1 cm³/mol. The van der Waals surface area contributed by atoms with E-state index in [1.54, 1.807) is 0 Å². The highest BCUT2D eigenvalue weighted by molar-refractivity contribution is 6.29. The van der Waals surface area contributed by atoms with Crippen LogP contribution >= 0.6 is 11.6 Å². The number of carbonyl (C=O) groups excluding carboxylic acids is 1. The van der Waals surface area contributed by atoms with Crippen LogP contribution in [0.25, 0.3) is 0 Å². The lowest BCUT2D eigenvalue weighted by Gasteiger charge is -2.36. The Morgan fingerprint density at radius 3 is 2.67 bits per heavy atom. The second kappa shape index (κ2) is 8.48. The van der Waals surface area contributed by atoms with Gasteiger partial charge in [0.05, 0.1) is 6.20 Å². The molecule has 24 heavy (non-hydrogen) atoms. The molecule has 134 valence electrons. The molecule has 0 saturated carbocycles. The fourth-order valence-electron chi connectivity index (χ4n) is 3.08. The van der Waals surface area contributed by atoms with Crippen molar-refractivity contribution in [3.05, 3.63) is 17.2 Å². The van der Waals surface area contributed by atoms with Crippen molar-refractivity contribution in [3.63, 3.8) is 0 Å². The van der Waals surface area contributed by atoms with Gasteiger partial charge in [0.2, 0.25) is 5.91 Å². The number of halogens is 1. The van der Waals surface area contributed by atoms with Gasteiger partial charge in [-0.1, -0.05) is 18.5 Å². The SMILES string of the molecule is CCN(C)C1CCN(C(=O)CCc2ncc(Cl)n2CC(=O)O)CC1. The summed E-state index contributed by atoms with van der Waals surface area (Å²) in [5, 5.41) is 9.20. The Morgan fingerprint density at radius 2 is 2.08 bits per heavy atom. The fourth-order valence-corrected chi connectivity index (χ4v) is 3.29. The molecule has 0 radical (unpaired) electrons. The summed E-state index contributed by atoms with van der Waals surface area (Å²) in [6.45, 7) is 4.47. The Kier molecular flexibility index (Phi) is 6.62. The van der Waals surface area contributed by atoms with Gasteiger partial charge >= 0.3 is 5.97 Å². The van der Waals surface area contributed by atoms with Gasteiger partial charge in [-0.15, -0.1) is 0 Å². The second-order valence-electron chi connectivity index (χ2n) is 6.16. The number of aliphatic carboxylic acids is 1. The lowest BCUT2D eigenvalue weighted by atomic mass is 10.0. The van der Waals surface area contributed by atoms with Crippen LogP contribution in [0.1, 0.15) is 32.0 Å². The molecule has 2 heterocycles. The molecule has 1 amide bonds. The molecule has 0 bridgehead atoms. The first-order valence-corrected chi connectivity index (χ1v) is 8.69. The zero-order valence-corrected chi connectivity index (χ0v) is 15.0. The highest BCUT2D eigenvalue weighted by Gasteiger charge is 2.24. The second-order valence-corrected chi connectivity index (χ2v) is 6.55. The van der Waals surface area contributed by atoms with E-state index < -0.39 is 5.97 Å². The third kappa shape index (κ3) is 4.70. The van der Waals surface area contributed by atoms with Crippen LogP contribution in [-0.2, 0) is 22.6 Å². The van der Waals surface area contributed by atoms with Crippen molar-refractivity contribution in [2.45, 2.75) is 45.2 Å². The van der Waals surface area contributed by atoms with Crippen LogP contribution in [-0.4, -0.2) is 69.1 Å². The minimum atomic E-state index is -0.982. The molecule has 8 heteroatoms. The van der Waals surface area contributed by atoms with Gasteiger partial charge in [-0.2, -0.15) is 0 Å². The molecular weight excluding hydrogens is 332 g/mol. The number of imidazole rings is 1. The van der Waals surface area contributed by atoms with Crippen LogP contribution in [0.3, 0.4) is 0 Å². The number of carbonyl (C=O) groups is 2. The lowest BCUT2D eigenvalue weighted by molar-refractivity contribution is -0.137. The van der Waals surface area contributed by atoms with Crippen molar-refractivity contribution in [3.8, 4) is 0 Å². The van der Waals surface area contributed by atoms with Crippen molar-refractivity contribution in [1.82, 2.24) is 19.4 Å². The first kappa shape index (κ1) is 18.7. The molecule has 1 fully saturated rings. The molecule has 1 aromatic heterocycles. The molecule has 0 aliphatic carbocycles. The van der Waals surface area contributed by atoms with E-state index in [-0.39, 0.29) is 17.6 Å².